The van der Waals surface area contributed by atoms with E-state index < -0.39 is 32.0 Å². The number of rotatable bonds is 17. The van der Waals surface area contributed by atoms with Gasteiger partial charge in [0.25, 0.3) is 26.0 Å². The molecule has 0 aliphatic heterocycles. The normalized spacial score (nSPS) is 12.2. The molecule has 20 heteroatoms. The summed E-state index contributed by atoms with van der Waals surface area (Å²) in [5.74, 6) is -0.713. The van der Waals surface area contributed by atoms with Crippen molar-refractivity contribution in [2.24, 2.45) is 10.1 Å². The Morgan fingerprint density at radius 2 is 1.71 bits per heavy atom. The summed E-state index contributed by atoms with van der Waals surface area (Å²) in [4.78, 5) is 32.9. The molecule has 2 heterocycles. The van der Waals surface area contributed by atoms with Crippen LogP contribution in [0.1, 0.15) is 16.8 Å². The maximum atomic E-state index is 12.7. The Morgan fingerprint density at radius 3 is 2.46 bits per heavy atom. The highest BCUT2D eigenvalue weighted by Crippen LogP contribution is 2.28. The second kappa shape index (κ2) is 16.9. The minimum absolute atomic E-state index is 0.0129. The monoisotopic (exact) mass is 772 g/mol. The van der Waals surface area contributed by atoms with Crippen LogP contribution in [0.3, 0.4) is 0 Å². The molecule has 2 N–H and O–H groups in total. The molecule has 0 unspecified atom stereocenters. The van der Waals surface area contributed by atoms with Gasteiger partial charge in [-0.25, -0.2) is 33.0 Å². The molecule has 1 amide bonds. The van der Waals surface area contributed by atoms with E-state index >= 15 is 0 Å². The minimum atomic E-state index is -3.93. The van der Waals surface area contributed by atoms with Gasteiger partial charge in [-0.2, -0.15) is 8.42 Å². The van der Waals surface area contributed by atoms with Crippen LogP contribution in [0.25, 0.3) is 10.2 Å². The zero-order valence-electron chi connectivity index (χ0n) is 27.7. The van der Waals surface area contributed by atoms with E-state index in [1.165, 1.54) is 23.0 Å². The number of aryl methyl sites for hydroxylation is 1. The minimum Gasteiger partial charge on any atom is -0.491 e. The number of nitrogens with two attached hydrogens (primary N) is 1. The quantitative estimate of drug-likeness (QED) is 0.0620. The standard InChI is InChI=1S/C32H32N6O11S3/c1-21-6-9-26(10-7-21)52(43,44)49-13-12-47-24-5-3-4-22(14-24)18-46-20-28(31(40)45-2)34-30(39)17-38-16-23(36-37-38)19-48-25-8-11-27-29(15-25)50-32(35-27)51(33,41)42/h3-11,14-16H,12-13,17-20H2,1-2H3,(H2,33,41,42)/b34-28-. The molecule has 5 aromatic rings. The van der Waals surface area contributed by atoms with Gasteiger partial charge in [0.05, 0.1) is 41.6 Å². The smallest absolute Gasteiger partial charge is 0.354 e. The Kier molecular flexibility index (Phi) is 12.4. The molecular formula is C32H32N6O11S3. The summed E-state index contributed by atoms with van der Waals surface area (Å²) in [7, 11) is -6.70. The summed E-state index contributed by atoms with van der Waals surface area (Å²) in [5.41, 5.74) is 2.16. The fourth-order valence-electron chi connectivity index (χ4n) is 4.38. The first kappa shape index (κ1) is 38.1. The third kappa shape index (κ3) is 10.7. The number of methoxy groups -OCH3 is 1. The molecule has 2 aromatic heterocycles. The van der Waals surface area contributed by atoms with Gasteiger partial charge in [0.15, 0.2) is 5.71 Å². The molecule has 274 valence electrons. The van der Waals surface area contributed by atoms with Crippen molar-refractivity contribution in [3.63, 3.8) is 0 Å². The topological polar surface area (TPSA) is 231 Å². The zero-order valence-corrected chi connectivity index (χ0v) is 30.1. The number of thiazole rings is 1. The van der Waals surface area contributed by atoms with Gasteiger partial charge in [-0.15, -0.1) is 16.4 Å². The number of sulfonamides is 1. The van der Waals surface area contributed by atoms with Crippen molar-refractivity contribution in [3.05, 3.63) is 89.7 Å². The highest BCUT2D eigenvalue weighted by atomic mass is 32.2. The number of benzene rings is 3. The molecule has 0 saturated heterocycles. The first-order valence-electron chi connectivity index (χ1n) is 15.2. The second-order valence-corrected chi connectivity index (χ2v) is 15.3. The van der Waals surface area contributed by atoms with Crippen LogP contribution in [0.5, 0.6) is 11.5 Å². The maximum Gasteiger partial charge on any atom is 0.354 e. The first-order chi connectivity index (χ1) is 24.8. The largest absolute Gasteiger partial charge is 0.491 e. The summed E-state index contributed by atoms with van der Waals surface area (Å²) in [6.45, 7) is 0.942. The van der Waals surface area contributed by atoms with Crippen molar-refractivity contribution in [1.82, 2.24) is 20.0 Å². The van der Waals surface area contributed by atoms with E-state index in [0.29, 0.717) is 33.0 Å². The molecule has 0 radical (unpaired) electrons. The van der Waals surface area contributed by atoms with Crippen LogP contribution in [0.2, 0.25) is 0 Å². The summed E-state index contributed by atoms with van der Waals surface area (Å²) in [6.07, 6.45) is 1.47. The lowest BCUT2D eigenvalue weighted by molar-refractivity contribution is -0.133. The van der Waals surface area contributed by atoms with Gasteiger partial charge in [-0.05, 0) is 55.0 Å². The van der Waals surface area contributed by atoms with E-state index in [0.717, 1.165) is 24.0 Å². The number of carbonyl (C=O) groups excluding carboxylic acids is 2. The summed E-state index contributed by atoms with van der Waals surface area (Å²) < 4.78 is 76.2. The number of aliphatic imine (C=N–C) groups is 1. The van der Waals surface area contributed by atoms with E-state index in [1.807, 2.05) is 6.92 Å². The molecule has 5 rings (SSSR count). The predicted molar refractivity (Wildman–Crippen MR) is 186 cm³/mol. The number of nitrogens with zero attached hydrogens (tertiary/aromatic N) is 5. The van der Waals surface area contributed by atoms with Gasteiger partial charge >= 0.3 is 5.97 Å². The van der Waals surface area contributed by atoms with Gasteiger partial charge in [0.1, 0.15) is 43.6 Å². The van der Waals surface area contributed by atoms with Gasteiger partial charge < -0.3 is 18.9 Å². The van der Waals surface area contributed by atoms with Crippen LogP contribution in [0.4, 0.5) is 0 Å². The van der Waals surface area contributed by atoms with Crippen LogP contribution < -0.4 is 14.6 Å². The number of fused-ring (bicyclic) bond motifs is 1. The van der Waals surface area contributed by atoms with Gasteiger partial charge in [0.2, 0.25) is 4.34 Å². The van der Waals surface area contributed by atoms with E-state index in [1.54, 1.807) is 54.6 Å². The summed E-state index contributed by atoms with van der Waals surface area (Å²) in [5, 5.41) is 13.0. The van der Waals surface area contributed by atoms with E-state index in [4.69, 9.17) is 28.3 Å². The van der Waals surface area contributed by atoms with E-state index in [-0.39, 0.29) is 54.5 Å². The Balaban J connectivity index is 1.08. The van der Waals surface area contributed by atoms with Gasteiger partial charge in [-0.1, -0.05) is 35.0 Å². The fraction of sp³-hybridized carbons (Fsp3) is 0.250. The second-order valence-electron chi connectivity index (χ2n) is 10.9. The van der Waals surface area contributed by atoms with E-state index in [2.05, 4.69) is 20.3 Å². The number of carbonyl (C=O) groups is 2. The first-order valence-corrected chi connectivity index (χ1v) is 19.0. The predicted octanol–water partition coefficient (Wildman–Crippen LogP) is 2.56. The number of hydrogen-bond acceptors (Lipinski definition) is 15. The highest BCUT2D eigenvalue weighted by Gasteiger charge is 2.18. The lowest BCUT2D eigenvalue weighted by atomic mass is 10.2. The molecule has 0 spiro atoms. The number of ether oxygens (including phenoxy) is 4. The summed E-state index contributed by atoms with van der Waals surface area (Å²) >= 11 is 0.914. The Bertz CT molecular complexity index is 2310. The maximum absolute atomic E-state index is 12.7. The SMILES string of the molecule is COC(=O)/C(COCc1cccc(OCCOS(=O)(=O)c2ccc(C)cc2)c1)=N\C(=O)Cn1cc(COc2ccc3nc(S(N)(=O)=O)sc3c2)nn1. The fourth-order valence-corrected chi connectivity index (χ4v) is 6.96. The lowest BCUT2D eigenvalue weighted by Crippen LogP contribution is -2.24. The van der Waals surface area contributed by atoms with Crippen molar-refractivity contribution in [3.8, 4) is 11.5 Å². The van der Waals surface area contributed by atoms with Crippen LogP contribution in [0, 0.1) is 6.92 Å². The molecule has 52 heavy (non-hydrogen) atoms. The highest BCUT2D eigenvalue weighted by molar-refractivity contribution is 7.91. The van der Waals surface area contributed by atoms with Crippen molar-refractivity contribution in [2.75, 3.05) is 26.9 Å². The van der Waals surface area contributed by atoms with Crippen LogP contribution in [-0.4, -0.2) is 81.3 Å². The van der Waals surface area contributed by atoms with Crippen molar-refractivity contribution < 1.29 is 49.6 Å². The molecule has 0 fully saturated rings. The molecular weight excluding hydrogens is 741 g/mol. The summed E-state index contributed by atoms with van der Waals surface area (Å²) in [6, 6.07) is 17.9. The molecule has 0 bridgehead atoms. The Labute approximate surface area is 302 Å². The molecule has 3 aromatic carbocycles. The Hall–Kier alpha value is -5.12. The number of amides is 1. The molecule has 0 aliphatic carbocycles. The molecule has 0 saturated carbocycles. The number of aromatic nitrogens is 4. The average Bonchev–Trinajstić information content (AvgIpc) is 3.75. The van der Waals surface area contributed by atoms with Crippen molar-refractivity contribution >= 4 is 59.3 Å². The molecule has 0 atom stereocenters. The average molecular weight is 773 g/mol. The van der Waals surface area contributed by atoms with Gasteiger partial charge in [0, 0.05) is 0 Å². The third-order valence-corrected chi connectivity index (χ3v) is 10.5. The molecule has 0 aliphatic rings. The van der Waals surface area contributed by atoms with Gasteiger partial charge in [-0.3, -0.25) is 8.98 Å². The van der Waals surface area contributed by atoms with E-state index in [9.17, 15) is 26.4 Å². The van der Waals surface area contributed by atoms with Crippen LogP contribution in [-0.2, 0) is 63.1 Å². The molecule has 17 nitrogen and oxygen atoms in total. The zero-order chi connectivity index (χ0) is 37.3. The van der Waals surface area contributed by atoms with Crippen molar-refractivity contribution in [1.29, 1.82) is 0 Å². The number of hydrogen-bond donors (Lipinski definition) is 1. The lowest BCUT2D eigenvalue weighted by Gasteiger charge is -2.10. The number of primary sulfonamides is 1. The van der Waals surface area contributed by atoms with Crippen LogP contribution in [0.15, 0.2) is 87.2 Å². The number of esters is 1. The van der Waals surface area contributed by atoms with Crippen molar-refractivity contribution in [2.45, 2.75) is 35.9 Å². The van der Waals surface area contributed by atoms with Crippen LogP contribution >= 0.6 is 11.3 Å². The Morgan fingerprint density at radius 1 is 0.942 bits per heavy atom. The third-order valence-electron chi connectivity index (χ3n) is 6.84.